The average molecular weight is 264 g/mol. The number of hydrogen-bond acceptors (Lipinski definition) is 3. The molecule has 2 atom stereocenters. The Kier molecular flexibility index (Phi) is 6.49. The molecule has 0 bridgehead atoms. The Labute approximate surface area is 117 Å². The summed E-state index contributed by atoms with van der Waals surface area (Å²) in [5, 5.41) is 13.0. The topological polar surface area (TPSA) is 35.5 Å². The van der Waals surface area contributed by atoms with Crippen molar-refractivity contribution in [3.05, 3.63) is 35.9 Å². The van der Waals surface area contributed by atoms with Crippen molar-refractivity contribution in [2.45, 2.75) is 32.3 Å². The van der Waals surface area contributed by atoms with Gasteiger partial charge in [-0.1, -0.05) is 44.2 Å². The summed E-state index contributed by atoms with van der Waals surface area (Å²) in [6.45, 7) is 9.79. The Hall–Kier alpha value is -0.900. The van der Waals surface area contributed by atoms with E-state index in [2.05, 4.69) is 61.4 Å². The van der Waals surface area contributed by atoms with Crippen molar-refractivity contribution in [3.63, 3.8) is 0 Å². The van der Waals surface area contributed by atoms with Gasteiger partial charge in [-0.15, -0.1) is 0 Å². The van der Waals surface area contributed by atoms with E-state index < -0.39 is 0 Å². The van der Waals surface area contributed by atoms with Gasteiger partial charge in [0.15, 0.2) is 0 Å². The molecule has 0 aliphatic rings. The molecule has 0 heterocycles. The quantitative estimate of drug-likeness (QED) is 0.752. The summed E-state index contributed by atoms with van der Waals surface area (Å²) < 4.78 is 0. The van der Waals surface area contributed by atoms with Crippen LogP contribution in [0.15, 0.2) is 30.3 Å². The van der Waals surface area contributed by atoms with Crippen LogP contribution in [0, 0.1) is 0 Å². The first kappa shape index (κ1) is 16.2. The maximum absolute atomic E-state index is 9.51. The SMILES string of the molecule is CCNCC(C)(CN(C)CC(C)O)c1ccccc1. The standard InChI is InChI=1S/C16H28N2O/c1-5-17-12-16(3,13-18(4)11-14(2)19)15-9-7-6-8-10-15/h6-10,14,17,19H,5,11-13H2,1-4H3. The molecule has 2 N–H and O–H groups in total. The highest BCUT2D eigenvalue weighted by Crippen LogP contribution is 2.24. The van der Waals surface area contributed by atoms with Gasteiger partial charge >= 0.3 is 0 Å². The fraction of sp³-hybridized carbons (Fsp3) is 0.625. The second kappa shape index (κ2) is 7.63. The van der Waals surface area contributed by atoms with Gasteiger partial charge in [0.25, 0.3) is 0 Å². The minimum absolute atomic E-state index is 0.0565. The molecule has 0 aromatic heterocycles. The molecule has 108 valence electrons. The summed E-state index contributed by atoms with van der Waals surface area (Å²) in [4.78, 5) is 2.20. The van der Waals surface area contributed by atoms with Gasteiger partial charge in [-0.25, -0.2) is 0 Å². The molecule has 1 aromatic carbocycles. The van der Waals surface area contributed by atoms with Gasteiger partial charge in [0.2, 0.25) is 0 Å². The van der Waals surface area contributed by atoms with Gasteiger partial charge in [0.05, 0.1) is 6.10 Å². The molecule has 1 aromatic rings. The zero-order valence-corrected chi connectivity index (χ0v) is 12.7. The van der Waals surface area contributed by atoms with Crippen LogP contribution in [0.5, 0.6) is 0 Å². The molecule has 2 unspecified atom stereocenters. The number of hydrogen-bond donors (Lipinski definition) is 2. The summed E-state index contributed by atoms with van der Waals surface area (Å²) in [6.07, 6.45) is -0.288. The monoisotopic (exact) mass is 264 g/mol. The van der Waals surface area contributed by atoms with E-state index in [1.54, 1.807) is 0 Å². The van der Waals surface area contributed by atoms with E-state index in [-0.39, 0.29) is 11.5 Å². The van der Waals surface area contributed by atoms with Gasteiger partial charge < -0.3 is 15.3 Å². The number of nitrogens with zero attached hydrogens (tertiary/aromatic N) is 1. The van der Waals surface area contributed by atoms with Gasteiger partial charge in [-0.05, 0) is 26.1 Å². The predicted molar refractivity (Wildman–Crippen MR) is 81.5 cm³/mol. The molecule has 1 rings (SSSR count). The Morgan fingerprint density at radius 3 is 2.47 bits per heavy atom. The number of rotatable bonds is 8. The van der Waals surface area contributed by atoms with E-state index in [0.29, 0.717) is 6.54 Å². The van der Waals surface area contributed by atoms with Crippen molar-refractivity contribution in [1.29, 1.82) is 0 Å². The summed E-state index contributed by atoms with van der Waals surface area (Å²) in [5.41, 5.74) is 1.40. The highest BCUT2D eigenvalue weighted by molar-refractivity contribution is 5.25. The third kappa shape index (κ3) is 5.31. The van der Waals surface area contributed by atoms with Crippen molar-refractivity contribution in [2.75, 3.05) is 33.2 Å². The molecular formula is C16H28N2O. The van der Waals surface area contributed by atoms with Crippen LogP contribution in [0.4, 0.5) is 0 Å². The second-order valence-electron chi connectivity index (χ2n) is 5.75. The van der Waals surface area contributed by atoms with Crippen LogP contribution in [0.25, 0.3) is 0 Å². The second-order valence-corrected chi connectivity index (χ2v) is 5.75. The third-order valence-corrected chi connectivity index (χ3v) is 3.43. The normalized spacial score (nSPS) is 16.3. The number of nitrogens with one attached hydrogen (secondary N) is 1. The van der Waals surface area contributed by atoms with Crippen LogP contribution in [0.2, 0.25) is 0 Å². The van der Waals surface area contributed by atoms with Crippen LogP contribution in [-0.4, -0.2) is 49.3 Å². The Morgan fingerprint density at radius 2 is 1.95 bits per heavy atom. The van der Waals surface area contributed by atoms with Crippen LogP contribution in [0.1, 0.15) is 26.3 Å². The molecule has 0 aliphatic carbocycles. The molecule has 3 heteroatoms. The lowest BCUT2D eigenvalue weighted by atomic mass is 9.81. The van der Waals surface area contributed by atoms with Gasteiger partial charge in [0, 0.05) is 25.0 Å². The summed E-state index contributed by atoms with van der Waals surface area (Å²) in [7, 11) is 2.07. The van der Waals surface area contributed by atoms with E-state index in [0.717, 1.165) is 19.6 Å². The molecule has 0 amide bonds. The number of aliphatic hydroxyl groups excluding tert-OH is 1. The minimum Gasteiger partial charge on any atom is -0.392 e. The van der Waals surface area contributed by atoms with Crippen LogP contribution >= 0.6 is 0 Å². The Bertz CT molecular complexity index is 353. The zero-order chi connectivity index (χ0) is 14.3. The van der Waals surface area contributed by atoms with Crippen LogP contribution in [0.3, 0.4) is 0 Å². The smallest absolute Gasteiger partial charge is 0.0638 e. The largest absolute Gasteiger partial charge is 0.392 e. The van der Waals surface area contributed by atoms with E-state index in [1.807, 2.05) is 6.92 Å². The fourth-order valence-electron chi connectivity index (χ4n) is 2.60. The van der Waals surface area contributed by atoms with E-state index in [1.165, 1.54) is 5.56 Å². The molecular weight excluding hydrogens is 236 g/mol. The lowest BCUT2D eigenvalue weighted by molar-refractivity contribution is 0.127. The molecule has 0 saturated heterocycles. The molecule has 3 nitrogen and oxygen atoms in total. The molecule has 0 radical (unpaired) electrons. The molecule has 19 heavy (non-hydrogen) atoms. The summed E-state index contributed by atoms with van der Waals surface area (Å²) in [5.74, 6) is 0. The molecule has 0 fully saturated rings. The van der Waals surface area contributed by atoms with Crippen LogP contribution in [-0.2, 0) is 5.41 Å². The van der Waals surface area contributed by atoms with Gasteiger partial charge in [-0.3, -0.25) is 0 Å². The number of likely N-dealkylation sites (N-methyl/N-ethyl adjacent to an activating group) is 2. The highest BCUT2D eigenvalue weighted by Gasteiger charge is 2.27. The first-order valence-electron chi connectivity index (χ1n) is 7.11. The lowest BCUT2D eigenvalue weighted by Crippen LogP contribution is -2.45. The molecule has 0 saturated carbocycles. The van der Waals surface area contributed by atoms with Gasteiger partial charge in [0.1, 0.15) is 0 Å². The summed E-state index contributed by atoms with van der Waals surface area (Å²) >= 11 is 0. The van der Waals surface area contributed by atoms with Gasteiger partial charge in [-0.2, -0.15) is 0 Å². The number of aliphatic hydroxyl groups is 1. The minimum atomic E-state index is -0.288. The average Bonchev–Trinajstić information content (AvgIpc) is 2.36. The van der Waals surface area contributed by atoms with Crippen molar-refractivity contribution in [1.82, 2.24) is 10.2 Å². The van der Waals surface area contributed by atoms with E-state index in [9.17, 15) is 5.11 Å². The Balaban J connectivity index is 2.81. The first-order chi connectivity index (χ1) is 8.98. The molecule has 0 spiro atoms. The fourth-order valence-corrected chi connectivity index (χ4v) is 2.60. The third-order valence-electron chi connectivity index (χ3n) is 3.43. The van der Waals surface area contributed by atoms with Crippen LogP contribution < -0.4 is 5.32 Å². The predicted octanol–water partition coefficient (Wildman–Crippen LogP) is 1.87. The van der Waals surface area contributed by atoms with Crippen molar-refractivity contribution >= 4 is 0 Å². The maximum Gasteiger partial charge on any atom is 0.0638 e. The van der Waals surface area contributed by atoms with Crippen molar-refractivity contribution < 1.29 is 5.11 Å². The first-order valence-corrected chi connectivity index (χ1v) is 7.11. The van der Waals surface area contributed by atoms with Crippen molar-refractivity contribution in [2.24, 2.45) is 0 Å². The van der Waals surface area contributed by atoms with E-state index in [4.69, 9.17) is 0 Å². The molecule has 0 aliphatic heterocycles. The maximum atomic E-state index is 9.51. The number of benzene rings is 1. The lowest BCUT2D eigenvalue weighted by Gasteiger charge is -2.35. The highest BCUT2D eigenvalue weighted by atomic mass is 16.3. The van der Waals surface area contributed by atoms with E-state index >= 15 is 0 Å². The zero-order valence-electron chi connectivity index (χ0n) is 12.7. The Morgan fingerprint density at radius 1 is 1.32 bits per heavy atom. The summed E-state index contributed by atoms with van der Waals surface area (Å²) in [6, 6.07) is 10.6. The van der Waals surface area contributed by atoms with Crippen molar-refractivity contribution in [3.8, 4) is 0 Å².